The summed E-state index contributed by atoms with van der Waals surface area (Å²) in [5.74, 6) is 0.167. The number of pyridine rings is 1. The largest absolute Gasteiger partial charge is 0.473 e. The lowest BCUT2D eigenvalue weighted by Gasteiger charge is -2.20. The van der Waals surface area contributed by atoms with Crippen molar-refractivity contribution < 1.29 is 9.53 Å². The first kappa shape index (κ1) is 12.8. The van der Waals surface area contributed by atoms with Crippen LogP contribution in [-0.2, 0) is 0 Å². The molecule has 0 saturated heterocycles. The molecule has 0 aliphatic heterocycles. The minimum Gasteiger partial charge on any atom is -0.473 e. The Balaban J connectivity index is 2.22. The summed E-state index contributed by atoms with van der Waals surface area (Å²) in [5.41, 5.74) is 12.2. The molecule has 2 rings (SSSR count). The molecule has 2 unspecified atom stereocenters. The maximum Gasteiger partial charge on any atom is 0.254 e. The Bertz CT molecular complexity index is 448. The van der Waals surface area contributed by atoms with Gasteiger partial charge in [-0.15, -0.1) is 0 Å². The predicted molar refractivity (Wildman–Crippen MR) is 68.3 cm³/mol. The van der Waals surface area contributed by atoms with E-state index in [1.165, 1.54) is 0 Å². The molecule has 0 radical (unpaired) electrons. The third-order valence-electron chi connectivity index (χ3n) is 3.42. The second kappa shape index (κ2) is 5.35. The molecule has 1 aromatic rings. The monoisotopic (exact) mass is 249 g/mol. The number of hydrogen-bond donors (Lipinski definition) is 2. The highest BCUT2D eigenvalue weighted by Crippen LogP contribution is 2.29. The van der Waals surface area contributed by atoms with Crippen molar-refractivity contribution in [2.75, 3.05) is 6.54 Å². The molecule has 1 saturated carbocycles. The number of aryl methyl sites for hydroxylation is 1. The number of aromatic nitrogens is 1. The average Bonchev–Trinajstić information content (AvgIpc) is 2.76. The van der Waals surface area contributed by atoms with Crippen LogP contribution in [0, 0.1) is 12.8 Å². The lowest BCUT2D eigenvalue weighted by Crippen LogP contribution is -2.29. The summed E-state index contributed by atoms with van der Waals surface area (Å²) >= 11 is 0. The molecular formula is C13H19N3O2. The quantitative estimate of drug-likeness (QED) is 0.832. The van der Waals surface area contributed by atoms with Crippen LogP contribution in [0.4, 0.5) is 0 Å². The van der Waals surface area contributed by atoms with Gasteiger partial charge in [-0.25, -0.2) is 4.98 Å². The number of ether oxygens (including phenoxy) is 1. The van der Waals surface area contributed by atoms with Gasteiger partial charge in [-0.1, -0.05) is 0 Å². The van der Waals surface area contributed by atoms with E-state index in [0.29, 0.717) is 23.9 Å². The van der Waals surface area contributed by atoms with E-state index in [9.17, 15) is 4.79 Å². The minimum absolute atomic E-state index is 0.0439. The molecule has 18 heavy (non-hydrogen) atoms. The number of rotatable bonds is 4. The number of nitrogens with zero attached hydrogens (tertiary/aromatic N) is 1. The zero-order valence-corrected chi connectivity index (χ0v) is 10.6. The Labute approximate surface area is 107 Å². The molecule has 1 aliphatic rings. The molecule has 98 valence electrons. The zero-order valence-electron chi connectivity index (χ0n) is 10.6. The van der Waals surface area contributed by atoms with Crippen LogP contribution in [-0.4, -0.2) is 23.5 Å². The Morgan fingerprint density at radius 2 is 2.28 bits per heavy atom. The number of hydrogen-bond acceptors (Lipinski definition) is 4. The van der Waals surface area contributed by atoms with Crippen LogP contribution in [0.5, 0.6) is 5.88 Å². The van der Waals surface area contributed by atoms with Gasteiger partial charge in [0.1, 0.15) is 11.7 Å². The molecule has 1 fully saturated rings. The van der Waals surface area contributed by atoms with Crippen LogP contribution < -0.4 is 16.2 Å². The van der Waals surface area contributed by atoms with Gasteiger partial charge in [-0.3, -0.25) is 4.79 Å². The molecule has 4 N–H and O–H groups in total. The second-order valence-corrected chi connectivity index (χ2v) is 4.75. The molecular weight excluding hydrogens is 230 g/mol. The van der Waals surface area contributed by atoms with E-state index >= 15 is 0 Å². The molecule has 5 nitrogen and oxygen atoms in total. The lowest BCUT2D eigenvalue weighted by atomic mass is 10.1. The Morgan fingerprint density at radius 1 is 1.50 bits per heavy atom. The maximum absolute atomic E-state index is 11.3. The smallest absolute Gasteiger partial charge is 0.254 e. The van der Waals surface area contributed by atoms with Crippen molar-refractivity contribution in [1.29, 1.82) is 0 Å². The highest BCUT2D eigenvalue weighted by Gasteiger charge is 2.29. The van der Waals surface area contributed by atoms with E-state index in [-0.39, 0.29) is 6.10 Å². The van der Waals surface area contributed by atoms with E-state index in [1.807, 2.05) is 6.92 Å². The van der Waals surface area contributed by atoms with Gasteiger partial charge < -0.3 is 16.2 Å². The first-order chi connectivity index (χ1) is 8.61. The molecule has 1 aliphatic carbocycles. The van der Waals surface area contributed by atoms with Crippen molar-refractivity contribution in [1.82, 2.24) is 4.98 Å². The standard InChI is InChI=1S/C13H19N3O2/c1-8-5-6-10(12(15)17)13(16-8)18-11-4-2-3-9(11)7-14/h5-6,9,11H,2-4,7,14H2,1H3,(H2,15,17). The van der Waals surface area contributed by atoms with Gasteiger partial charge in [-0.05, 0) is 44.9 Å². The Morgan fingerprint density at radius 3 is 2.94 bits per heavy atom. The molecule has 1 amide bonds. The van der Waals surface area contributed by atoms with Gasteiger partial charge >= 0.3 is 0 Å². The van der Waals surface area contributed by atoms with Crippen molar-refractivity contribution in [2.24, 2.45) is 17.4 Å². The van der Waals surface area contributed by atoms with Crippen LogP contribution in [0.25, 0.3) is 0 Å². The van der Waals surface area contributed by atoms with E-state index in [4.69, 9.17) is 16.2 Å². The Kier molecular flexibility index (Phi) is 3.81. The summed E-state index contributed by atoms with van der Waals surface area (Å²) in [7, 11) is 0. The molecule has 1 heterocycles. The van der Waals surface area contributed by atoms with Crippen LogP contribution in [0.2, 0.25) is 0 Å². The van der Waals surface area contributed by atoms with E-state index < -0.39 is 5.91 Å². The summed E-state index contributed by atoms with van der Waals surface area (Å²) in [6, 6.07) is 3.41. The molecule has 0 spiro atoms. The van der Waals surface area contributed by atoms with Gasteiger partial charge in [0.15, 0.2) is 0 Å². The van der Waals surface area contributed by atoms with Crippen LogP contribution >= 0.6 is 0 Å². The van der Waals surface area contributed by atoms with E-state index in [2.05, 4.69) is 4.98 Å². The number of carbonyl (C=O) groups is 1. The van der Waals surface area contributed by atoms with E-state index in [1.54, 1.807) is 12.1 Å². The third-order valence-corrected chi connectivity index (χ3v) is 3.42. The molecule has 2 atom stereocenters. The van der Waals surface area contributed by atoms with Crippen molar-refractivity contribution in [3.63, 3.8) is 0 Å². The number of primary amides is 1. The first-order valence-corrected chi connectivity index (χ1v) is 6.26. The first-order valence-electron chi connectivity index (χ1n) is 6.26. The fraction of sp³-hybridized carbons (Fsp3) is 0.538. The van der Waals surface area contributed by atoms with Crippen LogP contribution in [0.15, 0.2) is 12.1 Å². The average molecular weight is 249 g/mol. The van der Waals surface area contributed by atoms with Gasteiger partial charge in [0.2, 0.25) is 5.88 Å². The second-order valence-electron chi connectivity index (χ2n) is 4.75. The summed E-state index contributed by atoms with van der Waals surface area (Å²) in [6.07, 6.45) is 3.17. The van der Waals surface area contributed by atoms with Gasteiger partial charge in [0.05, 0.1) is 0 Å². The van der Waals surface area contributed by atoms with Crippen molar-refractivity contribution in [3.05, 3.63) is 23.4 Å². The maximum atomic E-state index is 11.3. The Hall–Kier alpha value is -1.62. The van der Waals surface area contributed by atoms with Crippen molar-refractivity contribution >= 4 is 5.91 Å². The van der Waals surface area contributed by atoms with Gasteiger partial charge in [0, 0.05) is 11.6 Å². The minimum atomic E-state index is -0.514. The van der Waals surface area contributed by atoms with Gasteiger partial charge in [0.25, 0.3) is 5.91 Å². The van der Waals surface area contributed by atoms with Crippen LogP contribution in [0.1, 0.15) is 35.3 Å². The summed E-state index contributed by atoms with van der Waals surface area (Å²) in [6.45, 7) is 2.45. The highest BCUT2D eigenvalue weighted by atomic mass is 16.5. The van der Waals surface area contributed by atoms with E-state index in [0.717, 1.165) is 25.0 Å². The molecule has 5 heteroatoms. The van der Waals surface area contributed by atoms with Gasteiger partial charge in [-0.2, -0.15) is 0 Å². The fourth-order valence-corrected chi connectivity index (χ4v) is 2.38. The number of nitrogens with two attached hydrogens (primary N) is 2. The highest BCUT2D eigenvalue weighted by molar-refractivity contribution is 5.95. The lowest BCUT2D eigenvalue weighted by molar-refractivity contribution is 0.0986. The fourth-order valence-electron chi connectivity index (χ4n) is 2.38. The summed E-state index contributed by atoms with van der Waals surface area (Å²) < 4.78 is 5.86. The number of amides is 1. The van der Waals surface area contributed by atoms with Crippen molar-refractivity contribution in [2.45, 2.75) is 32.3 Å². The SMILES string of the molecule is Cc1ccc(C(N)=O)c(OC2CCCC2CN)n1. The third kappa shape index (κ3) is 2.61. The predicted octanol–water partition coefficient (Wildman–Crippen LogP) is 0.995. The molecule has 1 aromatic heterocycles. The van der Waals surface area contributed by atoms with Crippen LogP contribution in [0.3, 0.4) is 0 Å². The summed E-state index contributed by atoms with van der Waals surface area (Å²) in [5, 5.41) is 0. The van der Waals surface area contributed by atoms with Crippen molar-refractivity contribution in [3.8, 4) is 5.88 Å². The molecule has 0 aromatic carbocycles. The number of carbonyl (C=O) groups excluding carboxylic acids is 1. The summed E-state index contributed by atoms with van der Waals surface area (Å²) in [4.78, 5) is 15.6. The topological polar surface area (TPSA) is 91.2 Å². The molecule has 0 bridgehead atoms. The normalized spacial score (nSPS) is 23.0. The zero-order chi connectivity index (χ0) is 13.1.